The number of nitrogens with one attached hydrogen (secondary N) is 1. The number of ether oxygens (including phenoxy) is 2. The number of fused-ring (bicyclic) bond motifs is 2. The second kappa shape index (κ2) is 16.3. The Morgan fingerprint density at radius 2 is 1.69 bits per heavy atom. The number of piperazine rings is 1. The van der Waals surface area contributed by atoms with Gasteiger partial charge in [-0.15, -0.1) is 0 Å². The molecule has 1 fully saturated rings. The van der Waals surface area contributed by atoms with Gasteiger partial charge in [-0.05, 0) is 57.5 Å². The van der Waals surface area contributed by atoms with E-state index in [1.807, 2.05) is 79.8 Å². The number of benzene rings is 2. The molecule has 246 valence electrons. The monoisotopic (exact) mass is 624 g/mol. The van der Waals surface area contributed by atoms with Gasteiger partial charge >= 0.3 is 6.09 Å². The highest BCUT2D eigenvalue weighted by Crippen LogP contribution is 2.36. The lowest BCUT2D eigenvalue weighted by atomic mass is 10.1. The van der Waals surface area contributed by atoms with Gasteiger partial charge in [0, 0.05) is 50.9 Å². The van der Waals surface area contributed by atoms with E-state index in [1.54, 1.807) is 26.7 Å². The SMILES string of the molecule is CC.CC.Cn1ncc2c1Nc1ccccc1N(C(=O)c1ccc(OCCCN3CCN(C(=O)OC(C)(C)C)CC3)c(F)c1)C2. The van der Waals surface area contributed by atoms with Gasteiger partial charge in [-0.1, -0.05) is 39.8 Å². The molecule has 2 aliphatic rings. The van der Waals surface area contributed by atoms with E-state index in [9.17, 15) is 9.59 Å². The van der Waals surface area contributed by atoms with E-state index in [2.05, 4.69) is 15.3 Å². The van der Waals surface area contributed by atoms with E-state index < -0.39 is 11.4 Å². The topological polar surface area (TPSA) is 92.2 Å². The molecule has 0 bridgehead atoms. The summed E-state index contributed by atoms with van der Waals surface area (Å²) in [5.41, 5.74) is 2.08. The molecular weight excluding hydrogens is 575 g/mol. The van der Waals surface area contributed by atoms with Gasteiger partial charge in [0.1, 0.15) is 11.4 Å². The number of carbonyl (C=O) groups is 2. The van der Waals surface area contributed by atoms with Gasteiger partial charge in [0.25, 0.3) is 5.91 Å². The number of aryl methyl sites for hydroxylation is 1. The molecule has 0 atom stereocenters. The summed E-state index contributed by atoms with van der Waals surface area (Å²) in [6.07, 6.45) is 2.15. The third-order valence-corrected chi connectivity index (χ3v) is 7.12. The van der Waals surface area contributed by atoms with Crippen LogP contribution >= 0.6 is 0 Å². The molecule has 0 unspecified atom stereocenters. The molecule has 2 amide bonds. The van der Waals surface area contributed by atoms with E-state index >= 15 is 4.39 Å². The lowest BCUT2D eigenvalue weighted by molar-refractivity contribution is 0.0142. The maximum atomic E-state index is 15.0. The second-order valence-electron chi connectivity index (χ2n) is 11.3. The van der Waals surface area contributed by atoms with Crippen molar-refractivity contribution >= 4 is 29.2 Å². The Morgan fingerprint density at radius 1 is 1.00 bits per heavy atom. The molecule has 2 aliphatic heterocycles. The lowest BCUT2D eigenvalue weighted by Crippen LogP contribution is -2.50. The highest BCUT2D eigenvalue weighted by Gasteiger charge is 2.28. The van der Waals surface area contributed by atoms with Crippen LogP contribution < -0.4 is 15.0 Å². The van der Waals surface area contributed by atoms with Crippen LogP contribution in [0.25, 0.3) is 0 Å². The van der Waals surface area contributed by atoms with Crippen molar-refractivity contribution in [2.24, 2.45) is 7.05 Å². The summed E-state index contributed by atoms with van der Waals surface area (Å²) >= 11 is 0. The van der Waals surface area contributed by atoms with E-state index in [-0.39, 0.29) is 23.3 Å². The number of aromatic nitrogens is 2. The average Bonchev–Trinajstić information content (AvgIpc) is 3.28. The Hall–Kier alpha value is -4.12. The smallest absolute Gasteiger partial charge is 0.410 e. The van der Waals surface area contributed by atoms with E-state index in [4.69, 9.17) is 9.47 Å². The quantitative estimate of drug-likeness (QED) is 0.300. The number of halogens is 1. The molecule has 45 heavy (non-hydrogen) atoms. The normalized spacial score (nSPS) is 14.3. The molecule has 0 saturated carbocycles. The first-order chi connectivity index (χ1) is 21.6. The molecule has 1 N–H and O–H groups in total. The number of nitrogens with zero attached hydrogens (tertiary/aromatic N) is 5. The summed E-state index contributed by atoms with van der Waals surface area (Å²) in [5.74, 6) is 0.0356. The van der Waals surface area contributed by atoms with Crippen LogP contribution in [-0.2, 0) is 18.3 Å². The van der Waals surface area contributed by atoms with E-state index in [0.717, 1.165) is 36.7 Å². The van der Waals surface area contributed by atoms with Crippen molar-refractivity contribution < 1.29 is 23.5 Å². The average molecular weight is 625 g/mol. The zero-order valence-corrected chi connectivity index (χ0v) is 28.0. The number of amides is 2. The molecular formula is C34H49FN6O4. The zero-order valence-electron chi connectivity index (χ0n) is 28.0. The van der Waals surface area contributed by atoms with Crippen molar-refractivity contribution in [1.29, 1.82) is 0 Å². The van der Waals surface area contributed by atoms with Crippen molar-refractivity contribution in [1.82, 2.24) is 19.6 Å². The summed E-state index contributed by atoms with van der Waals surface area (Å²) in [5, 5.41) is 7.67. The lowest BCUT2D eigenvalue weighted by Gasteiger charge is -2.35. The molecule has 0 radical (unpaired) electrons. The first-order valence-electron chi connectivity index (χ1n) is 15.9. The molecule has 10 nitrogen and oxygen atoms in total. The van der Waals surface area contributed by atoms with E-state index in [1.165, 1.54) is 12.1 Å². The van der Waals surface area contributed by atoms with Crippen LogP contribution in [-0.4, -0.2) is 76.5 Å². The van der Waals surface area contributed by atoms with Crippen LogP contribution in [0.2, 0.25) is 0 Å². The molecule has 3 heterocycles. The zero-order chi connectivity index (χ0) is 33.1. The fraction of sp³-hybridized carbons (Fsp3) is 0.500. The molecule has 0 spiro atoms. The molecule has 2 aromatic carbocycles. The second-order valence-corrected chi connectivity index (χ2v) is 11.3. The predicted molar refractivity (Wildman–Crippen MR) is 177 cm³/mol. The molecule has 1 saturated heterocycles. The number of hydrogen-bond donors (Lipinski definition) is 1. The van der Waals surface area contributed by atoms with Crippen molar-refractivity contribution in [3.8, 4) is 5.75 Å². The summed E-state index contributed by atoms with van der Waals surface area (Å²) in [7, 11) is 1.84. The van der Waals surface area contributed by atoms with Crippen LogP contribution in [0, 0.1) is 5.82 Å². The third kappa shape index (κ3) is 9.20. The van der Waals surface area contributed by atoms with Crippen molar-refractivity contribution in [3.05, 3.63) is 65.6 Å². The summed E-state index contributed by atoms with van der Waals surface area (Å²) in [4.78, 5) is 31.5. The fourth-order valence-electron chi connectivity index (χ4n) is 5.00. The van der Waals surface area contributed by atoms with Crippen LogP contribution in [0.5, 0.6) is 5.75 Å². The first kappa shape index (κ1) is 35.4. The van der Waals surface area contributed by atoms with Crippen LogP contribution in [0.1, 0.15) is 70.8 Å². The Labute approximate surface area is 267 Å². The predicted octanol–water partition coefficient (Wildman–Crippen LogP) is 6.84. The van der Waals surface area contributed by atoms with Crippen molar-refractivity contribution in [2.75, 3.05) is 49.5 Å². The summed E-state index contributed by atoms with van der Waals surface area (Å²) in [6, 6.07) is 11.9. The minimum Gasteiger partial charge on any atom is -0.490 e. The largest absolute Gasteiger partial charge is 0.490 e. The minimum absolute atomic E-state index is 0.115. The first-order valence-corrected chi connectivity index (χ1v) is 15.9. The van der Waals surface area contributed by atoms with Gasteiger partial charge in [-0.3, -0.25) is 14.4 Å². The molecule has 5 rings (SSSR count). The van der Waals surface area contributed by atoms with Gasteiger partial charge < -0.3 is 24.6 Å². The Morgan fingerprint density at radius 3 is 2.36 bits per heavy atom. The van der Waals surface area contributed by atoms with Gasteiger partial charge in [0.15, 0.2) is 11.6 Å². The van der Waals surface area contributed by atoms with Gasteiger partial charge in [0.05, 0.1) is 30.7 Å². The number of hydrogen-bond acceptors (Lipinski definition) is 7. The standard InChI is InChI=1S/C30H37FN6O4.2C2H6/c1-30(2,3)41-29(39)36-15-13-35(14-16-36)12-7-17-40-26-11-10-21(18-23(26)31)28(38)37-20-22-19-32-34(4)27(22)33-24-8-5-6-9-25(24)37;2*1-2/h5-6,8-11,18-19,33H,7,12-17,20H2,1-4H3;2*1-2H3. The number of para-hydroxylation sites is 2. The highest BCUT2D eigenvalue weighted by molar-refractivity contribution is 6.08. The third-order valence-electron chi connectivity index (χ3n) is 7.12. The van der Waals surface area contributed by atoms with Crippen LogP contribution in [0.3, 0.4) is 0 Å². The van der Waals surface area contributed by atoms with Crippen molar-refractivity contribution in [2.45, 2.75) is 67.0 Å². The van der Waals surface area contributed by atoms with Crippen LogP contribution in [0.15, 0.2) is 48.7 Å². The fourth-order valence-corrected chi connectivity index (χ4v) is 5.00. The molecule has 0 aliphatic carbocycles. The Balaban J connectivity index is 0.00000133. The van der Waals surface area contributed by atoms with Gasteiger partial charge in [-0.2, -0.15) is 5.10 Å². The van der Waals surface area contributed by atoms with Crippen LogP contribution in [0.4, 0.5) is 26.4 Å². The molecule has 3 aromatic rings. The molecule has 11 heteroatoms. The summed E-state index contributed by atoms with van der Waals surface area (Å²) < 4.78 is 27.9. The Bertz CT molecular complexity index is 1410. The summed E-state index contributed by atoms with van der Waals surface area (Å²) in [6.45, 7) is 17.7. The maximum Gasteiger partial charge on any atom is 0.410 e. The highest BCUT2D eigenvalue weighted by atomic mass is 19.1. The number of carbonyl (C=O) groups excluding carboxylic acids is 2. The minimum atomic E-state index is -0.579. The van der Waals surface area contributed by atoms with Crippen molar-refractivity contribution in [3.63, 3.8) is 0 Å². The number of rotatable bonds is 6. The maximum absolute atomic E-state index is 15.0. The molecule has 1 aromatic heterocycles. The van der Waals surface area contributed by atoms with E-state index in [0.29, 0.717) is 38.3 Å². The number of anilines is 3. The van der Waals surface area contributed by atoms with Gasteiger partial charge in [0.2, 0.25) is 0 Å². The van der Waals surface area contributed by atoms with Gasteiger partial charge in [-0.25, -0.2) is 9.18 Å². The Kier molecular flexibility index (Phi) is 12.8.